The number of para-hydroxylation sites is 1. The zero-order valence-electron chi connectivity index (χ0n) is 12.0. The van der Waals surface area contributed by atoms with Gasteiger partial charge in [-0.2, -0.15) is 0 Å². The number of carbonyl (C=O) groups excluding carboxylic acids is 1. The molecule has 21 heavy (non-hydrogen) atoms. The fourth-order valence-electron chi connectivity index (χ4n) is 2.34. The Labute approximate surface area is 123 Å². The molecule has 1 fully saturated rings. The second-order valence-electron chi connectivity index (χ2n) is 5.06. The summed E-state index contributed by atoms with van der Waals surface area (Å²) >= 11 is 0. The van der Waals surface area contributed by atoms with E-state index in [0.29, 0.717) is 12.2 Å². The molecule has 0 saturated carbocycles. The average molecular weight is 292 g/mol. The van der Waals surface area contributed by atoms with E-state index < -0.39 is 5.97 Å². The summed E-state index contributed by atoms with van der Waals surface area (Å²) < 4.78 is 5.55. The van der Waals surface area contributed by atoms with Crippen LogP contribution in [0.25, 0.3) is 0 Å². The van der Waals surface area contributed by atoms with Crippen LogP contribution in [0.5, 0.6) is 0 Å². The highest BCUT2D eigenvalue weighted by Crippen LogP contribution is 2.19. The van der Waals surface area contributed by atoms with Crippen molar-refractivity contribution in [1.82, 2.24) is 5.32 Å². The van der Waals surface area contributed by atoms with Crippen LogP contribution in [0.1, 0.15) is 29.6 Å². The van der Waals surface area contributed by atoms with Crippen molar-refractivity contribution < 1.29 is 19.4 Å². The Morgan fingerprint density at radius 2 is 2.14 bits per heavy atom. The fourth-order valence-corrected chi connectivity index (χ4v) is 2.34. The molecule has 6 heteroatoms. The van der Waals surface area contributed by atoms with Gasteiger partial charge in [-0.15, -0.1) is 0 Å². The predicted octanol–water partition coefficient (Wildman–Crippen LogP) is 2.10. The first-order valence-corrected chi connectivity index (χ1v) is 7.05. The van der Waals surface area contributed by atoms with E-state index in [9.17, 15) is 9.59 Å². The maximum absolute atomic E-state index is 12.1. The first-order chi connectivity index (χ1) is 10.1. The van der Waals surface area contributed by atoms with Crippen LogP contribution in [0.15, 0.2) is 24.3 Å². The molecule has 0 radical (unpaired) electrons. The van der Waals surface area contributed by atoms with Gasteiger partial charge in [-0.1, -0.05) is 12.1 Å². The number of hydrogen-bond donors (Lipinski definition) is 2. The number of nitrogens with one attached hydrogen (secondary N) is 1. The minimum atomic E-state index is -1.05. The summed E-state index contributed by atoms with van der Waals surface area (Å²) in [6.45, 7) is 1.18. The highest BCUT2D eigenvalue weighted by Gasteiger charge is 2.19. The third kappa shape index (κ3) is 3.95. The van der Waals surface area contributed by atoms with Crippen LogP contribution < -0.4 is 10.2 Å². The zero-order chi connectivity index (χ0) is 15.2. The molecule has 114 valence electrons. The molecule has 0 bridgehead atoms. The van der Waals surface area contributed by atoms with Gasteiger partial charge in [-0.3, -0.25) is 4.90 Å². The van der Waals surface area contributed by atoms with Crippen molar-refractivity contribution in [1.29, 1.82) is 0 Å². The Morgan fingerprint density at radius 1 is 1.38 bits per heavy atom. The quantitative estimate of drug-likeness (QED) is 0.890. The van der Waals surface area contributed by atoms with Gasteiger partial charge < -0.3 is 15.2 Å². The van der Waals surface area contributed by atoms with Gasteiger partial charge in [0.15, 0.2) is 0 Å². The average Bonchev–Trinajstić information content (AvgIpc) is 2.52. The van der Waals surface area contributed by atoms with Crippen LogP contribution in [-0.4, -0.2) is 43.4 Å². The molecule has 1 heterocycles. The van der Waals surface area contributed by atoms with Crippen molar-refractivity contribution in [3.63, 3.8) is 0 Å². The summed E-state index contributed by atoms with van der Waals surface area (Å²) in [6.07, 6.45) is 3.16. The van der Waals surface area contributed by atoms with Crippen molar-refractivity contribution in [3.8, 4) is 0 Å². The van der Waals surface area contributed by atoms with Gasteiger partial charge >= 0.3 is 12.0 Å². The number of carbonyl (C=O) groups is 2. The molecule has 0 aromatic heterocycles. The van der Waals surface area contributed by atoms with Gasteiger partial charge in [0.25, 0.3) is 0 Å². The van der Waals surface area contributed by atoms with Gasteiger partial charge in [-0.25, -0.2) is 9.59 Å². The van der Waals surface area contributed by atoms with E-state index in [2.05, 4.69) is 5.32 Å². The molecule has 1 aliphatic heterocycles. The lowest BCUT2D eigenvalue weighted by Crippen LogP contribution is -2.42. The summed E-state index contributed by atoms with van der Waals surface area (Å²) in [7, 11) is 1.55. The molecule has 0 aliphatic carbocycles. The third-order valence-corrected chi connectivity index (χ3v) is 3.56. The number of carboxylic acids is 1. The number of anilines is 1. The molecular formula is C15H20N2O4. The van der Waals surface area contributed by atoms with Crippen LogP contribution in [0.3, 0.4) is 0 Å². The van der Waals surface area contributed by atoms with Gasteiger partial charge in [0.05, 0.1) is 17.4 Å². The molecule has 1 aromatic rings. The van der Waals surface area contributed by atoms with Gasteiger partial charge in [0.1, 0.15) is 0 Å². The standard InChI is InChI=1S/C15H20N2O4/c1-17(13-8-3-2-7-12(13)14(18)19)15(20)16-10-11-6-4-5-9-21-11/h2-3,7-8,11H,4-6,9-10H2,1H3,(H,16,20)(H,18,19). The first kappa shape index (κ1) is 15.3. The first-order valence-electron chi connectivity index (χ1n) is 7.05. The number of ether oxygens (including phenoxy) is 1. The summed E-state index contributed by atoms with van der Waals surface area (Å²) in [4.78, 5) is 24.6. The van der Waals surface area contributed by atoms with Crippen molar-refractivity contribution in [3.05, 3.63) is 29.8 Å². The largest absolute Gasteiger partial charge is 0.478 e. The minimum absolute atomic E-state index is 0.0471. The summed E-state index contributed by atoms with van der Waals surface area (Å²) in [6, 6.07) is 6.09. The smallest absolute Gasteiger partial charge is 0.337 e. The molecule has 2 N–H and O–H groups in total. The maximum atomic E-state index is 12.1. The zero-order valence-corrected chi connectivity index (χ0v) is 12.0. The van der Waals surface area contributed by atoms with Gasteiger partial charge in [-0.05, 0) is 31.4 Å². The molecule has 1 aliphatic rings. The number of nitrogens with zero attached hydrogens (tertiary/aromatic N) is 1. The molecule has 1 atom stereocenters. The summed E-state index contributed by atoms with van der Waals surface area (Å²) in [5.41, 5.74) is 0.469. The number of rotatable bonds is 4. The highest BCUT2D eigenvalue weighted by molar-refractivity contribution is 6.01. The number of amides is 2. The fraction of sp³-hybridized carbons (Fsp3) is 0.467. The molecule has 1 unspecified atom stereocenters. The lowest BCUT2D eigenvalue weighted by Gasteiger charge is -2.25. The Morgan fingerprint density at radius 3 is 2.81 bits per heavy atom. The van der Waals surface area contributed by atoms with E-state index in [1.54, 1.807) is 25.2 Å². The molecule has 6 nitrogen and oxygen atoms in total. The van der Waals surface area contributed by atoms with Crippen LogP contribution in [0.4, 0.5) is 10.5 Å². The van der Waals surface area contributed by atoms with E-state index >= 15 is 0 Å². The van der Waals surface area contributed by atoms with Crippen LogP contribution in [0, 0.1) is 0 Å². The highest BCUT2D eigenvalue weighted by atomic mass is 16.5. The Balaban J connectivity index is 1.97. The lowest BCUT2D eigenvalue weighted by atomic mass is 10.1. The van der Waals surface area contributed by atoms with Crippen LogP contribution in [0.2, 0.25) is 0 Å². The summed E-state index contributed by atoms with van der Waals surface area (Å²) in [5, 5.41) is 11.9. The molecule has 1 saturated heterocycles. The van der Waals surface area contributed by atoms with Crippen molar-refractivity contribution in [2.24, 2.45) is 0 Å². The predicted molar refractivity (Wildman–Crippen MR) is 78.8 cm³/mol. The van der Waals surface area contributed by atoms with Gasteiger partial charge in [0.2, 0.25) is 0 Å². The number of carboxylic acid groups (broad SMARTS) is 1. The molecular weight excluding hydrogens is 272 g/mol. The normalized spacial score (nSPS) is 18.0. The SMILES string of the molecule is CN(C(=O)NCC1CCCCO1)c1ccccc1C(=O)O. The minimum Gasteiger partial charge on any atom is -0.478 e. The van der Waals surface area contributed by atoms with Crippen molar-refractivity contribution in [2.75, 3.05) is 25.1 Å². The van der Waals surface area contributed by atoms with Gasteiger partial charge in [0, 0.05) is 20.2 Å². The molecule has 2 rings (SSSR count). The van der Waals surface area contributed by atoms with Crippen LogP contribution >= 0.6 is 0 Å². The molecule has 2 amide bonds. The van der Waals surface area contributed by atoms with Crippen molar-refractivity contribution >= 4 is 17.7 Å². The summed E-state index contributed by atoms with van der Waals surface area (Å²) in [5.74, 6) is -1.05. The molecule has 1 aromatic carbocycles. The van der Waals surface area contributed by atoms with E-state index in [4.69, 9.17) is 9.84 Å². The topological polar surface area (TPSA) is 78.9 Å². The van der Waals surface area contributed by atoms with E-state index in [1.165, 1.54) is 11.0 Å². The molecule has 0 spiro atoms. The van der Waals surface area contributed by atoms with E-state index in [1.807, 2.05) is 0 Å². The van der Waals surface area contributed by atoms with Crippen LogP contribution in [-0.2, 0) is 4.74 Å². The Hall–Kier alpha value is -2.08. The number of hydrogen-bond acceptors (Lipinski definition) is 3. The lowest BCUT2D eigenvalue weighted by molar-refractivity contribution is 0.0186. The van der Waals surface area contributed by atoms with E-state index in [-0.39, 0.29) is 17.7 Å². The Bertz CT molecular complexity index is 512. The number of aromatic carboxylic acids is 1. The maximum Gasteiger partial charge on any atom is 0.337 e. The van der Waals surface area contributed by atoms with Crippen molar-refractivity contribution in [2.45, 2.75) is 25.4 Å². The second kappa shape index (κ2) is 7.08. The monoisotopic (exact) mass is 292 g/mol. The third-order valence-electron chi connectivity index (χ3n) is 3.56. The number of benzene rings is 1. The Kier molecular flexibility index (Phi) is 5.16. The second-order valence-corrected chi connectivity index (χ2v) is 5.06. The number of urea groups is 1. The van der Waals surface area contributed by atoms with E-state index in [0.717, 1.165) is 25.9 Å².